The molecule has 2 rings (SSSR count). The number of nitrogens with one attached hydrogen (secondary N) is 1. The van der Waals surface area contributed by atoms with Crippen LogP contribution in [-0.4, -0.2) is 8.42 Å². The van der Waals surface area contributed by atoms with Gasteiger partial charge in [-0.25, -0.2) is 21.9 Å². The van der Waals surface area contributed by atoms with E-state index in [0.717, 1.165) is 6.07 Å². The molecular formula is C14H12BrF2NO2S. The average Bonchev–Trinajstić information content (AvgIpc) is 2.42. The van der Waals surface area contributed by atoms with Crippen molar-refractivity contribution in [3.05, 3.63) is 64.1 Å². The zero-order valence-corrected chi connectivity index (χ0v) is 13.4. The van der Waals surface area contributed by atoms with E-state index >= 15 is 0 Å². The Hall–Kier alpha value is -1.31. The Balaban J connectivity index is 2.24. The van der Waals surface area contributed by atoms with Gasteiger partial charge >= 0.3 is 0 Å². The first kappa shape index (κ1) is 16.1. The van der Waals surface area contributed by atoms with Crippen LogP contribution in [0.2, 0.25) is 0 Å². The molecule has 0 saturated carbocycles. The fourth-order valence-electron chi connectivity index (χ4n) is 1.76. The van der Waals surface area contributed by atoms with E-state index < -0.39 is 27.7 Å². The van der Waals surface area contributed by atoms with Crippen molar-refractivity contribution in [1.29, 1.82) is 0 Å². The number of benzene rings is 2. The summed E-state index contributed by atoms with van der Waals surface area (Å²) in [5.74, 6) is -1.06. The molecule has 1 unspecified atom stereocenters. The van der Waals surface area contributed by atoms with Gasteiger partial charge in [-0.15, -0.1) is 0 Å². The summed E-state index contributed by atoms with van der Waals surface area (Å²) in [5.41, 5.74) is 0.609. The summed E-state index contributed by atoms with van der Waals surface area (Å²) in [6.07, 6.45) is 0. The maximum absolute atomic E-state index is 13.4. The van der Waals surface area contributed by atoms with Crippen molar-refractivity contribution in [3.63, 3.8) is 0 Å². The van der Waals surface area contributed by atoms with Crippen LogP contribution in [0.15, 0.2) is 51.8 Å². The van der Waals surface area contributed by atoms with Crippen LogP contribution >= 0.6 is 15.9 Å². The summed E-state index contributed by atoms with van der Waals surface area (Å²) in [7, 11) is -3.86. The van der Waals surface area contributed by atoms with Crippen LogP contribution in [0.25, 0.3) is 0 Å². The van der Waals surface area contributed by atoms with Crippen LogP contribution in [-0.2, 0) is 10.0 Å². The third-order valence-electron chi connectivity index (χ3n) is 2.90. The Morgan fingerprint density at radius 2 is 1.71 bits per heavy atom. The monoisotopic (exact) mass is 375 g/mol. The Bertz CT molecular complexity index is 748. The minimum atomic E-state index is -3.86. The van der Waals surface area contributed by atoms with Crippen LogP contribution in [0.5, 0.6) is 0 Å². The van der Waals surface area contributed by atoms with Crippen LogP contribution in [0.3, 0.4) is 0 Å². The van der Waals surface area contributed by atoms with Crippen LogP contribution in [0.4, 0.5) is 8.78 Å². The molecule has 3 nitrogen and oxygen atoms in total. The Morgan fingerprint density at radius 3 is 2.29 bits per heavy atom. The second-order valence-corrected chi connectivity index (χ2v) is 7.04. The lowest BCUT2D eigenvalue weighted by Gasteiger charge is -2.15. The average molecular weight is 376 g/mol. The Morgan fingerprint density at radius 1 is 1.10 bits per heavy atom. The number of halogens is 3. The van der Waals surface area contributed by atoms with E-state index in [1.165, 1.54) is 36.4 Å². The molecule has 0 bridgehead atoms. The minimum Gasteiger partial charge on any atom is -0.207 e. The van der Waals surface area contributed by atoms with Gasteiger partial charge in [0.05, 0.1) is 9.37 Å². The van der Waals surface area contributed by atoms with E-state index in [9.17, 15) is 17.2 Å². The fourth-order valence-corrected chi connectivity index (χ4v) is 3.25. The quantitative estimate of drug-likeness (QED) is 0.883. The van der Waals surface area contributed by atoms with Gasteiger partial charge in [0, 0.05) is 6.04 Å². The summed E-state index contributed by atoms with van der Waals surface area (Å²) >= 11 is 2.96. The molecule has 0 aliphatic heterocycles. The molecule has 7 heteroatoms. The second-order valence-electron chi connectivity index (χ2n) is 4.47. The van der Waals surface area contributed by atoms with Gasteiger partial charge in [-0.1, -0.05) is 12.1 Å². The van der Waals surface area contributed by atoms with Crippen LogP contribution < -0.4 is 4.72 Å². The van der Waals surface area contributed by atoms with E-state index in [1.54, 1.807) is 6.92 Å². The molecule has 1 N–H and O–H groups in total. The van der Waals surface area contributed by atoms with Crippen LogP contribution in [0.1, 0.15) is 18.5 Å². The van der Waals surface area contributed by atoms with E-state index in [1.807, 2.05) is 0 Å². The highest BCUT2D eigenvalue weighted by Gasteiger charge is 2.19. The van der Waals surface area contributed by atoms with E-state index in [4.69, 9.17) is 0 Å². The maximum atomic E-state index is 13.4. The molecule has 0 fully saturated rings. The third-order valence-corrected chi connectivity index (χ3v) is 5.08. The largest absolute Gasteiger partial charge is 0.241 e. The van der Waals surface area contributed by atoms with Crippen molar-refractivity contribution < 1.29 is 17.2 Å². The van der Waals surface area contributed by atoms with Crippen LogP contribution in [0, 0.1) is 11.6 Å². The predicted molar refractivity (Wildman–Crippen MR) is 79.2 cm³/mol. The topological polar surface area (TPSA) is 46.2 Å². The highest BCUT2D eigenvalue weighted by Crippen LogP contribution is 2.21. The molecule has 2 aromatic carbocycles. The molecule has 0 radical (unpaired) electrons. The molecule has 21 heavy (non-hydrogen) atoms. The molecule has 1 atom stereocenters. The molecule has 0 aromatic heterocycles. The number of hydrogen-bond donors (Lipinski definition) is 1. The Labute approximate surface area is 130 Å². The van der Waals surface area contributed by atoms with E-state index in [2.05, 4.69) is 20.7 Å². The van der Waals surface area contributed by atoms with Crippen molar-refractivity contribution in [2.24, 2.45) is 0 Å². The van der Waals surface area contributed by atoms with Gasteiger partial charge in [0.15, 0.2) is 0 Å². The zero-order valence-electron chi connectivity index (χ0n) is 11.0. The molecule has 0 amide bonds. The molecule has 0 aliphatic rings. The van der Waals surface area contributed by atoms with Crippen molar-refractivity contribution in [1.82, 2.24) is 4.72 Å². The second kappa shape index (κ2) is 6.21. The van der Waals surface area contributed by atoms with E-state index in [0.29, 0.717) is 5.56 Å². The highest BCUT2D eigenvalue weighted by molar-refractivity contribution is 9.10. The molecular weight excluding hydrogens is 364 g/mol. The standard InChI is InChI=1S/C14H12BrF2NO2S/c1-9(10-2-4-11(16)5-3-10)18-21(19,20)12-6-7-13(15)14(17)8-12/h2-9,18H,1H3. The summed E-state index contributed by atoms with van der Waals surface area (Å²) in [6.45, 7) is 1.63. The van der Waals surface area contributed by atoms with Crippen molar-refractivity contribution in [3.8, 4) is 0 Å². The molecule has 0 saturated heterocycles. The normalized spacial score (nSPS) is 13.1. The summed E-state index contributed by atoms with van der Waals surface area (Å²) in [5, 5.41) is 0. The lowest BCUT2D eigenvalue weighted by atomic mass is 10.1. The summed E-state index contributed by atoms with van der Waals surface area (Å²) < 4.78 is 53.3. The molecule has 0 aliphatic carbocycles. The summed E-state index contributed by atoms with van der Waals surface area (Å²) in [6, 6.07) is 8.47. The van der Waals surface area contributed by atoms with Gasteiger partial charge in [0.1, 0.15) is 11.6 Å². The van der Waals surface area contributed by atoms with Crippen molar-refractivity contribution in [2.75, 3.05) is 0 Å². The molecule has 0 spiro atoms. The highest BCUT2D eigenvalue weighted by atomic mass is 79.9. The first-order valence-electron chi connectivity index (χ1n) is 6.02. The van der Waals surface area contributed by atoms with E-state index in [-0.39, 0.29) is 9.37 Å². The first-order chi connectivity index (χ1) is 9.79. The maximum Gasteiger partial charge on any atom is 0.241 e. The summed E-state index contributed by atoms with van der Waals surface area (Å²) in [4.78, 5) is -0.169. The molecule has 0 heterocycles. The fraction of sp³-hybridized carbons (Fsp3) is 0.143. The zero-order chi connectivity index (χ0) is 15.6. The van der Waals surface area contributed by atoms with Crippen molar-refractivity contribution >= 4 is 26.0 Å². The minimum absolute atomic E-state index is 0.169. The first-order valence-corrected chi connectivity index (χ1v) is 8.30. The van der Waals surface area contributed by atoms with Gasteiger partial charge in [-0.05, 0) is 58.7 Å². The smallest absolute Gasteiger partial charge is 0.207 e. The van der Waals surface area contributed by atoms with Gasteiger partial charge in [-0.2, -0.15) is 0 Å². The Kier molecular flexibility index (Phi) is 4.75. The van der Waals surface area contributed by atoms with Gasteiger partial charge in [0.25, 0.3) is 0 Å². The molecule has 112 valence electrons. The lowest BCUT2D eigenvalue weighted by molar-refractivity contribution is 0.563. The van der Waals surface area contributed by atoms with Crippen molar-refractivity contribution in [2.45, 2.75) is 17.9 Å². The van der Waals surface area contributed by atoms with Gasteiger partial charge in [-0.3, -0.25) is 0 Å². The molecule has 2 aromatic rings. The number of hydrogen-bond acceptors (Lipinski definition) is 2. The SMILES string of the molecule is CC(NS(=O)(=O)c1ccc(Br)c(F)c1)c1ccc(F)cc1. The predicted octanol–water partition coefficient (Wildman–Crippen LogP) is 3.77. The third kappa shape index (κ3) is 3.87. The van der Waals surface area contributed by atoms with Gasteiger partial charge in [0.2, 0.25) is 10.0 Å². The number of sulfonamides is 1. The number of rotatable bonds is 4. The lowest BCUT2D eigenvalue weighted by Crippen LogP contribution is -2.27. The van der Waals surface area contributed by atoms with Gasteiger partial charge < -0.3 is 0 Å².